The van der Waals surface area contributed by atoms with Crippen LogP contribution < -0.4 is 5.32 Å². The van der Waals surface area contributed by atoms with Crippen molar-refractivity contribution in [1.29, 1.82) is 0 Å². The number of nitrogens with zero attached hydrogens (tertiary/aromatic N) is 4. The highest BCUT2D eigenvalue weighted by molar-refractivity contribution is 5.51. The lowest BCUT2D eigenvalue weighted by Crippen LogP contribution is -2.03. The second-order valence-corrected chi connectivity index (χ2v) is 5.15. The minimum atomic E-state index is 0.777. The first-order valence-corrected chi connectivity index (χ1v) is 6.96. The molecule has 0 atom stereocenters. The molecule has 0 saturated heterocycles. The standard InChI is InChI=1S/C16H19N5/c1-12-16(13(2)20(3)19-12)10-18-14-5-4-6-15(9-14)21-8-7-17-11-21/h4-9,11,18H,10H2,1-3H3. The van der Waals surface area contributed by atoms with Crippen molar-refractivity contribution in [3.8, 4) is 5.69 Å². The second kappa shape index (κ2) is 5.44. The lowest BCUT2D eigenvalue weighted by molar-refractivity contribution is 0.730. The summed E-state index contributed by atoms with van der Waals surface area (Å²) in [5.74, 6) is 0. The molecule has 3 rings (SSSR count). The van der Waals surface area contributed by atoms with Gasteiger partial charge >= 0.3 is 0 Å². The maximum atomic E-state index is 4.45. The van der Waals surface area contributed by atoms with E-state index in [0.717, 1.165) is 23.6 Å². The van der Waals surface area contributed by atoms with E-state index in [1.165, 1.54) is 11.3 Å². The van der Waals surface area contributed by atoms with Crippen LogP contribution in [-0.4, -0.2) is 19.3 Å². The highest BCUT2D eigenvalue weighted by atomic mass is 15.3. The smallest absolute Gasteiger partial charge is 0.0991 e. The van der Waals surface area contributed by atoms with Crippen molar-refractivity contribution in [3.63, 3.8) is 0 Å². The Morgan fingerprint density at radius 1 is 1.24 bits per heavy atom. The molecule has 0 fully saturated rings. The summed E-state index contributed by atoms with van der Waals surface area (Å²) in [6.07, 6.45) is 5.52. The van der Waals surface area contributed by atoms with E-state index >= 15 is 0 Å². The Kier molecular flexibility index (Phi) is 3.48. The first-order chi connectivity index (χ1) is 10.1. The van der Waals surface area contributed by atoms with Crippen molar-refractivity contribution in [2.75, 3.05) is 5.32 Å². The van der Waals surface area contributed by atoms with Crippen molar-refractivity contribution in [1.82, 2.24) is 19.3 Å². The van der Waals surface area contributed by atoms with Crippen LogP contribution in [0, 0.1) is 13.8 Å². The van der Waals surface area contributed by atoms with Crippen LogP contribution in [0.2, 0.25) is 0 Å². The number of hydrogen-bond acceptors (Lipinski definition) is 3. The third kappa shape index (κ3) is 2.67. The molecule has 0 saturated carbocycles. The molecule has 0 aliphatic carbocycles. The molecular weight excluding hydrogens is 262 g/mol. The molecule has 5 nitrogen and oxygen atoms in total. The van der Waals surface area contributed by atoms with Crippen LogP contribution in [0.4, 0.5) is 5.69 Å². The monoisotopic (exact) mass is 281 g/mol. The third-order valence-electron chi connectivity index (χ3n) is 3.78. The average Bonchev–Trinajstić information content (AvgIpc) is 3.08. The average molecular weight is 281 g/mol. The highest BCUT2D eigenvalue weighted by Crippen LogP contribution is 2.17. The molecule has 0 aliphatic rings. The summed E-state index contributed by atoms with van der Waals surface area (Å²) in [7, 11) is 1.98. The van der Waals surface area contributed by atoms with E-state index in [9.17, 15) is 0 Å². The lowest BCUT2D eigenvalue weighted by atomic mass is 10.2. The maximum Gasteiger partial charge on any atom is 0.0991 e. The van der Waals surface area contributed by atoms with E-state index < -0.39 is 0 Å². The Bertz CT molecular complexity index is 740. The first-order valence-electron chi connectivity index (χ1n) is 6.96. The Morgan fingerprint density at radius 2 is 2.10 bits per heavy atom. The van der Waals surface area contributed by atoms with Crippen LogP contribution in [0.25, 0.3) is 5.69 Å². The molecular formula is C16H19N5. The SMILES string of the molecule is Cc1nn(C)c(C)c1CNc1cccc(-n2ccnc2)c1. The molecule has 0 bridgehead atoms. The number of benzene rings is 1. The van der Waals surface area contributed by atoms with Gasteiger partial charge in [-0.15, -0.1) is 0 Å². The number of rotatable bonds is 4. The minimum absolute atomic E-state index is 0.777. The number of anilines is 1. The Hall–Kier alpha value is -2.56. The Morgan fingerprint density at radius 3 is 2.76 bits per heavy atom. The lowest BCUT2D eigenvalue weighted by Gasteiger charge is -2.09. The van der Waals surface area contributed by atoms with Crippen LogP contribution in [0.15, 0.2) is 43.0 Å². The molecule has 0 unspecified atom stereocenters. The summed E-state index contributed by atoms with van der Waals surface area (Å²) >= 11 is 0. The van der Waals surface area contributed by atoms with Gasteiger partial charge in [0.25, 0.3) is 0 Å². The summed E-state index contributed by atoms with van der Waals surface area (Å²) in [5, 5.41) is 7.92. The summed E-state index contributed by atoms with van der Waals surface area (Å²) in [4.78, 5) is 4.08. The van der Waals surface area contributed by atoms with Gasteiger partial charge in [-0.05, 0) is 32.0 Å². The van der Waals surface area contributed by atoms with Gasteiger partial charge in [-0.3, -0.25) is 4.68 Å². The van der Waals surface area contributed by atoms with Gasteiger partial charge in [0.2, 0.25) is 0 Å². The predicted molar refractivity (Wildman–Crippen MR) is 83.6 cm³/mol. The summed E-state index contributed by atoms with van der Waals surface area (Å²) in [6, 6.07) is 8.29. The molecule has 21 heavy (non-hydrogen) atoms. The molecule has 108 valence electrons. The van der Waals surface area contributed by atoms with Crippen LogP contribution in [0.5, 0.6) is 0 Å². The largest absolute Gasteiger partial charge is 0.381 e. The van der Waals surface area contributed by atoms with E-state index in [1.807, 2.05) is 35.5 Å². The van der Waals surface area contributed by atoms with Gasteiger partial charge in [-0.1, -0.05) is 6.07 Å². The van der Waals surface area contributed by atoms with Crippen LogP contribution in [-0.2, 0) is 13.6 Å². The van der Waals surface area contributed by atoms with Gasteiger partial charge in [0.05, 0.1) is 12.0 Å². The molecule has 2 aromatic heterocycles. The van der Waals surface area contributed by atoms with E-state index in [2.05, 4.69) is 40.5 Å². The number of imidazole rings is 1. The normalized spacial score (nSPS) is 10.8. The van der Waals surface area contributed by atoms with Gasteiger partial charge < -0.3 is 9.88 Å². The van der Waals surface area contributed by atoms with Gasteiger partial charge in [0.15, 0.2) is 0 Å². The minimum Gasteiger partial charge on any atom is -0.381 e. The van der Waals surface area contributed by atoms with Crippen molar-refractivity contribution >= 4 is 5.69 Å². The zero-order valence-corrected chi connectivity index (χ0v) is 12.5. The van der Waals surface area contributed by atoms with Crippen molar-refractivity contribution in [2.24, 2.45) is 7.05 Å². The first kappa shape index (κ1) is 13.4. The van der Waals surface area contributed by atoms with Gasteiger partial charge in [-0.2, -0.15) is 5.10 Å². The number of hydrogen-bond donors (Lipinski definition) is 1. The number of nitrogens with one attached hydrogen (secondary N) is 1. The van der Waals surface area contributed by atoms with Crippen molar-refractivity contribution in [2.45, 2.75) is 20.4 Å². The second-order valence-electron chi connectivity index (χ2n) is 5.15. The molecule has 1 N–H and O–H groups in total. The zero-order chi connectivity index (χ0) is 14.8. The van der Waals surface area contributed by atoms with Crippen molar-refractivity contribution < 1.29 is 0 Å². The van der Waals surface area contributed by atoms with E-state index in [0.29, 0.717) is 0 Å². The maximum absolute atomic E-state index is 4.45. The van der Waals surface area contributed by atoms with Crippen LogP contribution in [0.1, 0.15) is 17.0 Å². The Balaban J connectivity index is 1.78. The highest BCUT2D eigenvalue weighted by Gasteiger charge is 2.08. The zero-order valence-electron chi connectivity index (χ0n) is 12.5. The molecule has 0 radical (unpaired) electrons. The molecule has 3 aromatic rings. The Labute approximate surface area is 124 Å². The van der Waals surface area contributed by atoms with Crippen molar-refractivity contribution in [3.05, 3.63) is 59.9 Å². The summed E-state index contributed by atoms with van der Waals surface area (Å²) < 4.78 is 3.92. The van der Waals surface area contributed by atoms with Gasteiger partial charge in [0, 0.05) is 48.6 Å². The summed E-state index contributed by atoms with van der Waals surface area (Å²) in [5.41, 5.74) is 5.71. The van der Waals surface area contributed by atoms with Gasteiger partial charge in [0.1, 0.15) is 0 Å². The fourth-order valence-corrected chi connectivity index (χ4v) is 2.45. The molecule has 1 aromatic carbocycles. The number of aromatic nitrogens is 4. The molecule has 0 spiro atoms. The summed E-state index contributed by atoms with van der Waals surface area (Å²) in [6.45, 7) is 4.92. The fourth-order valence-electron chi connectivity index (χ4n) is 2.45. The third-order valence-corrected chi connectivity index (χ3v) is 3.78. The topological polar surface area (TPSA) is 47.7 Å². The van der Waals surface area contributed by atoms with Crippen LogP contribution >= 0.6 is 0 Å². The predicted octanol–water partition coefficient (Wildman–Crippen LogP) is 2.83. The number of aryl methyl sites for hydroxylation is 2. The van der Waals surface area contributed by atoms with Crippen LogP contribution in [0.3, 0.4) is 0 Å². The van der Waals surface area contributed by atoms with E-state index in [1.54, 1.807) is 12.5 Å². The van der Waals surface area contributed by atoms with E-state index in [4.69, 9.17) is 0 Å². The quantitative estimate of drug-likeness (QED) is 0.800. The molecule has 0 amide bonds. The fraction of sp³-hybridized carbons (Fsp3) is 0.250. The molecule has 0 aliphatic heterocycles. The van der Waals surface area contributed by atoms with E-state index in [-0.39, 0.29) is 0 Å². The molecule has 5 heteroatoms. The molecule has 2 heterocycles. The van der Waals surface area contributed by atoms with Gasteiger partial charge in [-0.25, -0.2) is 4.98 Å².